The normalized spacial score (nSPS) is 16.7. The molecule has 0 aromatic heterocycles. The molecule has 7 heteroatoms. The van der Waals surface area contributed by atoms with Crippen molar-refractivity contribution >= 4 is 29.9 Å². The van der Waals surface area contributed by atoms with Gasteiger partial charge in [0.25, 0.3) is 0 Å². The second-order valence-electron chi connectivity index (χ2n) is 7.92. The van der Waals surface area contributed by atoms with Gasteiger partial charge in [-0.3, -0.25) is 14.8 Å². The van der Waals surface area contributed by atoms with Gasteiger partial charge in [0, 0.05) is 65.5 Å². The maximum atomic E-state index is 9.23. The van der Waals surface area contributed by atoms with Gasteiger partial charge in [-0.05, 0) is 31.2 Å². The highest BCUT2D eigenvalue weighted by atomic mass is 127. The third kappa shape index (κ3) is 10.9. The van der Waals surface area contributed by atoms with Crippen LogP contribution in [0.4, 0.5) is 0 Å². The lowest BCUT2D eigenvalue weighted by atomic mass is 10.0. The summed E-state index contributed by atoms with van der Waals surface area (Å²) in [6, 6.07) is 10.7. The van der Waals surface area contributed by atoms with Crippen molar-refractivity contribution < 1.29 is 5.11 Å². The van der Waals surface area contributed by atoms with Crippen LogP contribution in [-0.2, 0) is 6.54 Å². The highest BCUT2D eigenvalue weighted by Crippen LogP contribution is 2.11. The maximum Gasteiger partial charge on any atom is 0.191 e. The van der Waals surface area contributed by atoms with Gasteiger partial charge >= 0.3 is 0 Å². The van der Waals surface area contributed by atoms with E-state index in [9.17, 15) is 5.11 Å². The zero-order valence-corrected chi connectivity index (χ0v) is 21.2. The van der Waals surface area contributed by atoms with E-state index in [-0.39, 0.29) is 30.6 Å². The maximum absolute atomic E-state index is 9.23. The lowest BCUT2D eigenvalue weighted by molar-refractivity contribution is 0.129. The van der Waals surface area contributed by atoms with Crippen LogP contribution < -0.4 is 10.6 Å². The van der Waals surface area contributed by atoms with Crippen LogP contribution in [0.1, 0.15) is 38.7 Å². The molecule has 1 aliphatic heterocycles. The van der Waals surface area contributed by atoms with E-state index in [0.717, 1.165) is 84.1 Å². The van der Waals surface area contributed by atoms with Gasteiger partial charge in [-0.15, -0.1) is 24.0 Å². The number of hydrogen-bond donors (Lipinski definition) is 3. The van der Waals surface area contributed by atoms with Crippen LogP contribution in [0, 0.1) is 5.92 Å². The first kappa shape index (κ1) is 27.1. The molecule has 0 bridgehead atoms. The smallest absolute Gasteiger partial charge is 0.191 e. The molecular weight excluding hydrogens is 489 g/mol. The molecule has 3 N–H and O–H groups in total. The summed E-state index contributed by atoms with van der Waals surface area (Å²) in [5.41, 5.74) is 1.40. The van der Waals surface area contributed by atoms with Crippen molar-refractivity contribution in [3.05, 3.63) is 35.9 Å². The van der Waals surface area contributed by atoms with Gasteiger partial charge in [0.05, 0.1) is 0 Å². The second-order valence-corrected chi connectivity index (χ2v) is 7.92. The minimum absolute atomic E-state index is 0. The highest BCUT2D eigenvalue weighted by molar-refractivity contribution is 14.0. The van der Waals surface area contributed by atoms with Crippen LogP contribution in [0.3, 0.4) is 0 Å². The molecule has 1 aliphatic rings. The Bertz CT molecular complexity index is 558. The summed E-state index contributed by atoms with van der Waals surface area (Å²) in [6.45, 7) is 13.7. The number of piperazine rings is 1. The van der Waals surface area contributed by atoms with E-state index in [4.69, 9.17) is 4.99 Å². The van der Waals surface area contributed by atoms with Gasteiger partial charge in [-0.1, -0.05) is 43.7 Å². The predicted octanol–water partition coefficient (Wildman–Crippen LogP) is 2.78. The molecule has 0 amide bonds. The molecule has 1 unspecified atom stereocenters. The fraction of sp³-hybridized carbons (Fsp3) is 0.696. The molecule has 172 valence electrons. The monoisotopic (exact) mass is 531 g/mol. The minimum Gasteiger partial charge on any atom is -0.396 e. The number of benzene rings is 1. The zero-order chi connectivity index (χ0) is 20.7. The van der Waals surface area contributed by atoms with Crippen molar-refractivity contribution in [2.75, 3.05) is 59.0 Å². The standard InChI is InChI=1S/C23H41N5O.HI/c1-3-8-21(11-18-29)19-26-23(24-4-2)25-12-13-27-14-16-28(17-15-27)20-22-9-6-5-7-10-22;/h5-7,9-10,21,29H,3-4,8,11-20H2,1-2H3,(H2,24,25,26);1H. The Labute approximate surface area is 200 Å². The molecule has 0 spiro atoms. The molecule has 1 fully saturated rings. The Morgan fingerprint density at radius 3 is 2.37 bits per heavy atom. The zero-order valence-electron chi connectivity index (χ0n) is 18.9. The molecular formula is C23H42IN5O. The molecule has 1 saturated heterocycles. The number of nitrogens with one attached hydrogen (secondary N) is 2. The summed E-state index contributed by atoms with van der Waals surface area (Å²) in [4.78, 5) is 9.82. The van der Waals surface area contributed by atoms with Gasteiger partial charge < -0.3 is 15.7 Å². The lowest BCUT2D eigenvalue weighted by Crippen LogP contribution is -2.49. The molecule has 0 radical (unpaired) electrons. The summed E-state index contributed by atoms with van der Waals surface area (Å²) < 4.78 is 0. The third-order valence-corrected chi connectivity index (χ3v) is 5.52. The van der Waals surface area contributed by atoms with Gasteiger partial charge in [0.15, 0.2) is 5.96 Å². The third-order valence-electron chi connectivity index (χ3n) is 5.52. The highest BCUT2D eigenvalue weighted by Gasteiger charge is 2.16. The summed E-state index contributed by atoms with van der Waals surface area (Å²) in [6.07, 6.45) is 3.10. The van der Waals surface area contributed by atoms with Crippen molar-refractivity contribution in [2.24, 2.45) is 10.9 Å². The van der Waals surface area contributed by atoms with Gasteiger partial charge in [-0.25, -0.2) is 0 Å². The Morgan fingerprint density at radius 1 is 1.03 bits per heavy atom. The van der Waals surface area contributed by atoms with E-state index in [0.29, 0.717) is 5.92 Å². The molecule has 0 aliphatic carbocycles. The second kappa shape index (κ2) is 16.8. The van der Waals surface area contributed by atoms with Crippen molar-refractivity contribution in [3.63, 3.8) is 0 Å². The summed E-state index contributed by atoms with van der Waals surface area (Å²) >= 11 is 0. The molecule has 30 heavy (non-hydrogen) atoms. The Balaban J connectivity index is 0.00000450. The van der Waals surface area contributed by atoms with Crippen molar-refractivity contribution in [2.45, 2.75) is 39.7 Å². The molecule has 6 nitrogen and oxygen atoms in total. The summed E-state index contributed by atoms with van der Waals surface area (Å²) in [5.74, 6) is 1.37. The van der Waals surface area contributed by atoms with Crippen LogP contribution in [0.5, 0.6) is 0 Å². The lowest BCUT2D eigenvalue weighted by Gasteiger charge is -2.34. The minimum atomic E-state index is 0. The SMILES string of the molecule is CCCC(CCO)CN=C(NCC)NCCN1CCN(Cc2ccccc2)CC1.I. The number of hydrogen-bond acceptors (Lipinski definition) is 4. The average Bonchev–Trinajstić information content (AvgIpc) is 2.74. The first-order chi connectivity index (χ1) is 14.2. The van der Waals surface area contributed by atoms with E-state index in [1.54, 1.807) is 0 Å². The van der Waals surface area contributed by atoms with Gasteiger partial charge in [0.2, 0.25) is 0 Å². The Morgan fingerprint density at radius 2 is 1.73 bits per heavy atom. The van der Waals surface area contributed by atoms with E-state index < -0.39 is 0 Å². The van der Waals surface area contributed by atoms with Crippen molar-refractivity contribution in [1.82, 2.24) is 20.4 Å². The molecule has 1 atom stereocenters. The fourth-order valence-corrected chi connectivity index (χ4v) is 3.82. The molecule has 1 aromatic rings. The van der Waals surface area contributed by atoms with Crippen LogP contribution in [0.15, 0.2) is 35.3 Å². The van der Waals surface area contributed by atoms with Crippen LogP contribution >= 0.6 is 24.0 Å². The van der Waals surface area contributed by atoms with Crippen LogP contribution in [-0.4, -0.2) is 79.8 Å². The van der Waals surface area contributed by atoms with Crippen molar-refractivity contribution in [3.8, 4) is 0 Å². The first-order valence-corrected chi connectivity index (χ1v) is 11.4. The molecule has 2 rings (SSSR count). The number of aliphatic hydroxyl groups is 1. The Kier molecular flexibility index (Phi) is 15.2. The van der Waals surface area contributed by atoms with Gasteiger partial charge in [0.1, 0.15) is 0 Å². The molecule has 1 heterocycles. The number of rotatable bonds is 12. The number of aliphatic hydroxyl groups excluding tert-OH is 1. The molecule has 1 aromatic carbocycles. The molecule has 0 saturated carbocycles. The quantitative estimate of drug-likeness (QED) is 0.220. The average molecular weight is 532 g/mol. The summed E-state index contributed by atoms with van der Waals surface area (Å²) in [5, 5.41) is 16.1. The van der Waals surface area contributed by atoms with Crippen LogP contribution in [0.25, 0.3) is 0 Å². The number of nitrogens with zero attached hydrogens (tertiary/aromatic N) is 3. The number of aliphatic imine (C=N–C) groups is 1. The topological polar surface area (TPSA) is 63.1 Å². The van der Waals surface area contributed by atoms with Gasteiger partial charge in [-0.2, -0.15) is 0 Å². The largest absolute Gasteiger partial charge is 0.396 e. The van der Waals surface area contributed by atoms with E-state index >= 15 is 0 Å². The van der Waals surface area contributed by atoms with Crippen LogP contribution in [0.2, 0.25) is 0 Å². The van der Waals surface area contributed by atoms with E-state index in [1.807, 2.05) is 0 Å². The number of guanidine groups is 1. The van der Waals surface area contributed by atoms with E-state index in [2.05, 4.69) is 64.6 Å². The Hall–Kier alpha value is -0.900. The summed E-state index contributed by atoms with van der Waals surface area (Å²) in [7, 11) is 0. The van der Waals surface area contributed by atoms with E-state index in [1.165, 1.54) is 5.56 Å². The van der Waals surface area contributed by atoms with Crippen molar-refractivity contribution in [1.29, 1.82) is 0 Å². The predicted molar refractivity (Wildman–Crippen MR) is 138 cm³/mol. The fourth-order valence-electron chi connectivity index (χ4n) is 3.82. The number of halogens is 1. The first-order valence-electron chi connectivity index (χ1n) is 11.4.